The Morgan fingerprint density at radius 2 is 2.05 bits per heavy atom. The van der Waals surface area contributed by atoms with Crippen molar-refractivity contribution in [2.24, 2.45) is 0 Å². The molecular weight excluding hydrogens is 248 g/mol. The van der Waals surface area contributed by atoms with Crippen molar-refractivity contribution >= 4 is 0 Å². The minimum absolute atomic E-state index is 0.298. The Bertz CT molecular complexity index is 462. The molecule has 3 nitrogen and oxygen atoms in total. The van der Waals surface area contributed by atoms with Crippen LogP contribution in [-0.2, 0) is 6.42 Å². The highest BCUT2D eigenvalue weighted by Crippen LogP contribution is 2.33. The van der Waals surface area contributed by atoms with Crippen LogP contribution in [0.2, 0.25) is 0 Å². The van der Waals surface area contributed by atoms with Crippen LogP contribution in [0, 0.1) is 0 Å². The van der Waals surface area contributed by atoms with Crippen LogP contribution in [0.25, 0.3) is 0 Å². The number of aliphatic hydroxyl groups is 1. The lowest BCUT2D eigenvalue weighted by atomic mass is 9.84. The second-order valence-electron chi connectivity index (χ2n) is 6.22. The lowest BCUT2D eigenvalue weighted by Gasteiger charge is -2.45. The van der Waals surface area contributed by atoms with E-state index in [1.165, 1.54) is 5.56 Å². The summed E-state index contributed by atoms with van der Waals surface area (Å²) in [7, 11) is 0. The summed E-state index contributed by atoms with van der Waals surface area (Å²) in [5, 5.41) is 10.7. The molecule has 2 aliphatic rings. The quantitative estimate of drug-likeness (QED) is 0.894. The fourth-order valence-corrected chi connectivity index (χ4v) is 3.90. The van der Waals surface area contributed by atoms with Gasteiger partial charge in [-0.1, -0.05) is 31.2 Å². The first-order valence-electron chi connectivity index (χ1n) is 7.94. The molecule has 1 aromatic rings. The van der Waals surface area contributed by atoms with Gasteiger partial charge in [-0.3, -0.25) is 9.80 Å². The third-order valence-corrected chi connectivity index (χ3v) is 5.12. The van der Waals surface area contributed by atoms with Crippen molar-refractivity contribution in [1.82, 2.24) is 9.80 Å². The van der Waals surface area contributed by atoms with Crippen LogP contribution in [0.1, 0.15) is 37.5 Å². The summed E-state index contributed by atoms with van der Waals surface area (Å²) in [4.78, 5) is 5.04. The molecule has 3 rings (SSSR count). The van der Waals surface area contributed by atoms with E-state index in [1.807, 2.05) is 6.07 Å². The molecule has 20 heavy (non-hydrogen) atoms. The number of piperazine rings is 1. The van der Waals surface area contributed by atoms with Gasteiger partial charge in [0.2, 0.25) is 0 Å². The number of benzene rings is 1. The SMILES string of the molecule is CCN1CCN(C2CCc3ccccc3C2O)CC1C. The molecule has 1 aromatic carbocycles. The Labute approximate surface area is 122 Å². The number of rotatable bonds is 2. The van der Waals surface area contributed by atoms with Crippen LogP contribution >= 0.6 is 0 Å². The number of fused-ring (bicyclic) bond motifs is 1. The van der Waals surface area contributed by atoms with E-state index in [0.717, 1.165) is 44.6 Å². The maximum absolute atomic E-state index is 10.7. The van der Waals surface area contributed by atoms with Crippen LogP contribution in [0.15, 0.2) is 24.3 Å². The highest BCUT2D eigenvalue weighted by molar-refractivity contribution is 5.32. The summed E-state index contributed by atoms with van der Waals surface area (Å²) in [5.74, 6) is 0. The van der Waals surface area contributed by atoms with Gasteiger partial charge in [-0.05, 0) is 37.4 Å². The maximum atomic E-state index is 10.7. The fourth-order valence-electron chi connectivity index (χ4n) is 3.90. The average molecular weight is 274 g/mol. The molecule has 0 bridgehead atoms. The second kappa shape index (κ2) is 5.84. The van der Waals surface area contributed by atoms with Gasteiger partial charge in [-0.15, -0.1) is 0 Å². The molecule has 1 saturated heterocycles. The van der Waals surface area contributed by atoms with Crippen molar-refractivity contribution in [3.05, 3.63) is 35.4 Å². The fraction of sp³-hybridized carbons (Fsp3) is 0.647. The van der Waals surface area contributed by atoms with Gasteiger partial charge in [0.05, 0.1) is 6.10 Å². The summed E-state index contributed by atoms with van der Waals surface area (Å²) < 4.78 is 0. The Balaban J connectivity index is 1.73. The first-order chi connectivity index (χ1) is 9.70. The summed E-state index contributed by atoms with van der Waals surface area (Å²) in [5.41, 5.74) is 2.48. The molecule has 3 heteroatoms. The van der Waals surface area contributed by atoms with Gasteiger partial charge < -0.3 is 5.11 Å². The molecule has 1 aliphatic carbocycles. The zero-order valence-electron chi connectivity index (χ0n) is 12.6. The van der Waals surface area contributed by atoms with E-state index in [4.69, 9.17) is 0 Å². The van der Waals surface area contributed by atoms with E-state index in [1.54, 1.807) is 0 Å². The van der Waals surface area contributed by atoms with E-state index < -0.39 is 0 Å². The van der Waals surface area contributed by atoms with Crippen molar-refractivity contribution in [3.63, 3.8) is 0 Å². The highest BCUT2D eigenvalue weighted by Gasteiger charge is 2.35. The van der Waals surface area contributed by atoms with Crippen molar-refractivity contribution in [3.8, 4) is 0 Å². The third kappa shape index (κ3) is 2.50. The maximum Gasteiger partial charge on any atom is 0.0947 e. The van der Waals surface area contributed by atoms with Crippen LogP contribution in [0.5, 0.6) is 0 Å². The predicted molar refractivity (Wildman–Crippen MR) is 81.8 cm³/mol. The van der Waals surface area contributed by atoms with Crippen molar-refractivity contribution in [2.75, 3.05) is 26.2 Å². The molecule has 0 spiro atoms. The minimum atomic E-state index is -0.319. The van der Waals surface area contributed by atoms with Crippen LogP contribution in [0.3, 0.4) is 0 Å². The highest BCUT2D eigenvalue weighted by atomic mass is 16.3. The van der Waals surface area contributed by atoms with Crippen molar-refractivity contribution in [1.29, 1.82) is 0 Å². The number of aryl methyl sites for hydroxylation is 1. The van der Waals surface area contributed by atoms with Gasteiger partial charge in [0.25, 0.3) is 0 Å². The zero-order chi connectivity index (χ0) is 14.1. The largest absolute Gasteiger partial charge is 0.387 e. The molecular formula is C17H26N2O. The standard InChI is InChI=1S/C17H26N2O/c1-3-18-10-11-19(12-13(18)2)16-9-8-14-6-4-5-7-15(14)17(16)20/h4-7,13,16-17,20H,3,8-12H2,1-2H3. The Hall–Kier alpha value is -0.900. The number of likely N-dealkylation sites (N-methyl/N-ethyl adjacent to an activating group) is 1. The average Bonchev–Trinajstić information content (AvgIpc) is 2.48. The lowest BCUT2D eigenvalue weighted by Crippen LogP contribution is -2.56. The van der Waals surface area contributed by atoms with E-state index >= 15 is 0 Å². The Kier molecular flexibility index (Phi) is 4.11. The molecule has 0 aromatic heterocycles. The number of hydrogen-bond acceptors (Lipinski definition) is 3. The van der Waals surface area contributed by atoms with E-state index in [2.05, 4.69) is 41.8 Å². The molecule has 0 saturated carbocycles. The summed E-state index contributed by atoms with van der Waals surface area (Å²) in [6.45, 7) is 8.96. The number of aliphatic hydroxyl groups excluding tert-OH is 1. The zero-order valence-corrected chi connectivity index (χ0v) is 12.6. The molecule has 0 amide bonds. The summed E-state index contributed by atoms with van der Waals surface area (Å²) >= 11 is 0. The van der Waals surface area contributed by atoms with Gasteiger partial charge in [0.15, 0.2) is 0 Å². The number of nitrogens with zero attached hydrogens (tertiary/aromatic N) is 2. The molecule has 1 aliphatic heterocycles. The van der Waals surface area contributed by atoms with Crippen molar-refractivity contribution < 1.29 is 5.11 Å². The Morgan fingerprint density at radius 3 is 2.80 bits per heavy atom. The monoisotopic (exact) mass is 274 g/mol. The van der Waals surface area contributed by atoms with Gasteiger partial charge in [-0.25, -0.2) is 0 Å². The van der Waals surface area contributed by atoms with Gasteiger partial charge in [0.1, 0.15) is 0 Å². The smallest absolute Gasteiger partial charge is 0.0947 e. The van der Waals surface area contributed by atoms with E-state index in [0.29, 0.717) is 12.1 Å². The summed E-state index contributed by atoms with van der Waals surface area (Å²) in [6, 6.07) is 9.27. The normalized spacial score (nSPS) is 32.0. The van der Waals surface area contributed by atoms with E-state index in [-0.39, 0.29) is 6.10 Å². The molecule has 110 valence electrons. The minimum Gasteiger partial charge on any atom is -0.387 e. The molecule has 1 fully saturated rings. The molecule has 1 N–H and O–H groups in total. The van der Waals surface area contributed by atoms with Crippen LogP contribution < -0.4 is 0 Å². The first-order valence-corrected chi connectivity index (χ1v) is 7.94. The van der Waals surface area contributed by atoms with E-state index in [9.17, 15) is 5.11 Å². The molecule has 3 atom stereocenters. The predicted octanol–water partition coefficient (Wildman–Crippen LogP) is 2.06. The topological polar surface area (TPSA) is 26.7 Å². The number of hydrogen-bond donors (Lipinski definition) is 1. The summed E-state index contributed by atoms with van der Waals surface area (Å²) in [6.07, 6.45) is 1.86. The second-order valence-corrected chi connectivity index (χ2v) is 6.22. The first kappa shape index (κ1) is 14.1. The van der Waals surface area contributed by atoms with Crippen LogP contribution in [0.4, 0.5) is 0 Å². The van der Waals surface area contributed by atoms with Gasteiger partial charge in [0, 0.05) is 31.7 Å². The Morgan fingerprint density at radius 1 is 1.25 bits per heavy atom. The molecule has 0 radical (unpaired) electrons. The lowest BCUT2D eigenvalue weighted by molar-refractivity contribution is -0.00776. The van der Waals surface area contributed by atoms with Crippen molar-refractivity contribution in [2.45, 2.75) is 44.9 Å². The molecule has 1 heterocycles. The molecule has 3 unspecified atom stereocenters. The van der Waals surface area contributed by atoms with Gasteiger partial charge in [-0.2, -0.15) is 0 Å². The van der Waals surface area contributed by atoms with Crippen LogP contribution in [-0.4, -0.2) is 53.2 Å². The van der Waals surface area contributed by atoms with Gasteiger partial charge >= 0.3 is 0 Å². The third-order valence-electron chi connectivity index (χ3n) is 5.12.